The molecule has 7 nitrogen and oxygen atoms in total. The first-order valence-electron chi connectivity index (χ1n) is 21.1. The van der Waals surface area contributed by atoms with E-state index in [1.807, 2.05) is 85.2 Å². The van der Waals surface area contributed by atoms with Crippen molar-refractivity contribution in [3.63, 3.8) is 0 Å². The van der Waals surface area contributed by atoms with Gasteiger partial charge in [0.05, 0.1) is 28.2 Å². The molecule has 0 saturated carbocycles. The highest BCUT2D eigenvalue weighted by molar-refractivity contribution is 6.00. The van der Waals surface area contributed by atoms with Gasteiger partial charge in [-0.3, -0.25) is 9.97 Å². The quantitative estimate of drug-likeness (QED) is 0.171. The lowest BCUT2D eigenvalue weighted by Gasteiger charge is -2.35. The van der Waals surface area contributed by atoms with Crippen molar-refractivity contribution in [1.29, 1.82) is 0 Å². The summed E-state index contributed by atoms with van der Waals surface area (Å²) in [5.41, 5.74) is 15.5. The number of anilines is 3. The molecule has 294 valence electrons. The van der Waals surface area contributed by atoms with Crippen molar-refractivity contribution in [1.82, 2.24) is 24.9 Å². The molecule has 3 aromatic heterocycles. The summed E-state index contributed by atoms with van der Waals surface area (Å²) in [6, 6.07) is 67.2. The lowest BCUT2D eigenvalue weighted by molar-refractivity contribution is 0.478. The van der Waals surface area contributed by atoms with Crippen LogP contribution in [-0.4, -0.2) is 24.9 Å². The van der Waals surface area contributed by atoms with Crippen LogP contribution >= 0.6 is 0 Å². The highest BCUT2D eigenvalue weighted by Crippen LogP contribution is 2.66. The Bertz CT molecular complexity index is 3390. The highest BCUT2D eigenvalue weighted by atomic mass is 16.5. The van der Waals surface area contributed by atoms with Gasteiger partial charge in [0.15, 0.2) is 29.0 Å². The Morgan fingerprint density at radius 3 is 1.81 bits per heavy atom. The molecule has 2 aliphatic carbocycles. The smallest absolute Gasteiger partial charge is 0.164 e. The SMILES string of the molecule is c1ccc(-c2nc(-c3ccccc3)nc(-c3cccc(-c4cnc5c(c4)C4(c6ccccc6-c6c4ccc4c6Oc6ccccc6N4c4ccccc4)c4cccnc4-5)c3)n2)cc1. The predicted octanol–water partition coefficient (Wildman–Crippen LogP) is 13.2. The van der Waals surface area contributed by atoms with Crippen molar-refractivity contribution >= 4 is 17.1 Å². The van der Waals surface area contributed by atoms with Crippen LogP contribution in [0.3, 0.4) is 0 Å². The van der Waals surface area contributed by atoms with E-state index in [-0.39, 0.29) is 0 Å². The minimum Gasteiger partial charge on any atom is -0.452 e. The van der Waals surface area contributed by atoms with Gasteiger partial charge >= 0.3 is 0 Å². The summed E-state index contributed by atoms with van der Waals surface area (Å²) in [5, 5.41) is 0. The maximum atomic E-state index is 7.04. The standard InChI is InChI=1S/C56H34N6O/c1-4-16-35(17-5-1)53-59-54(36-18-6-2-7-19-36)61-55(60-53)38-21-14-20-37(32-38)39-33-45-51(58-34-39)50-44(26-15-31-57-50)56(45)42-25-11-10-24-41(42)49-43(56)29-30-47-52(49)63-48-28-13-12-27-46(48)62(47)40-22-8-3-9-23-40/h1-34H. The van der Waals surface area contributed by atoms with Crippen LogP contribution in [0.15, 0.2) is 207 Å². The molecule has 1 atom stereocenters. The maximum absolute atomic E-state index is 7.04. The van der Waals surface area contributed by atoms with Gasteiger partial charge in [0.25, 0.3) is 0 Å². The number of rotatable bonds is 5. The van der Waals surface area contributed by atoms with Crippen molar-refractivity contribution in [2.75, 3.05) is 4.90 Å². The van der Waals surface area contributed by atoms with Gasteiger partial charge in [0.2, 0.25) is 0 Å². The van der Waals surface area contributed by atoms with Crippen LogP contribution in [0.1, 0.15) is 22.3 Å². The van der Waals surface area contributed by atoms with Crippen molar-refractivity contribution in [2.45, 2.75) is 5.41 Å². The Morgan fingerprint density at radius 2 is 1.03 bits per heavy atom. The average Bonchev–Trinajstić information content (AvgIpc) is 3.83. The van der Waals surface area contributed by atoms with Gasteiger partial charge in [0, 0.05) is 51.5 Å². The summed E-state index contributed by atoms with van der Waals surface area (Å²) in [7, 11) is 0. The van der Waals surface area contributed by atoms with Gasteiger partial charge in [-0.1, -0.05) is 146 Å². The number of hydrogen-bond donors (Lipinski definition) is 0. The van der Waals surface area contributed by atoms with Crippen LogP contribution in [0.2, 0.25) is 0 Å². The summed E-state index contributed by atoms with van der Waals surface area (Å²) in [6.07, 6.45) is 3.84. The van der Waals surface area contributed by atoms with Gasteiger partial charge < -0.3 is 9.64 Å². The minimum atomic E-state index is -0.707. The Kier molecular flexibility index (Phi) is 7.68. The molecule has 7 heteroatoms. The van der Waals surface area contributed by atoms with E-state index < -0.39 is 5.41 Å². The number of benzene rings is 7. The van der Waals surface area contributed by atoms with Crippen LogP contribution in [0.5, 0.6) is 11.5 Å². The van der Waals surface area contributed by atoms with E-state index in [9.17, 15) is 0 Å². The lowest BCUT2D eigenvalue weighted by Crippen LogP contribution is -2.26. The predicted molar refractivity (Wildman–Crippen MR) is 248 cm³/mol. The largest absolute Gasteiger partial charge is 0.452 e. The van der Waals surface area contributed by atoms with E-state index in [4.69, 9.17) is 29.7 Å². The van der Waals surface area contributed by atoms with Crippen molar-refractivity contribution < 1.29 is 4.74 Å². The molecule has 13 rings (SSSR count). The average molecular weight is 807 g/mol. The topological polar surface area (TPSA) is 76.9 Å². The summed E-state index contributed by atoms with van der Waals surface area (Å²) < 4.78 is 7.04. The van der Waals surface area contributed by atoms with E-state index in [1.54, 1.807) is 0 Å². The Morgan fingerprint density at radius 1 is 0.413 bits per heavy atom. The molecule has 1 unspecified atom stereocenters. The molecule has 0 N–H and O–H groups in total. The second-order valence-corrected chi connectivity index (χ2v) is 16.0. The maximum Gasteiger partial charge on any atom is 0.164 e. The first-order valence-corrected chi connectivity index (χ1v) is 21.1. The minimum absolute atomic E-state index is 0.598. The molecule has 3 aliphatic rings. The number of aromatic nitrogens is 5. The van der Waals surface area contributed by atoms with Gasteiger partial charge in [-0.05, 0) is 76.3 Å². The first-order chi connectivity index (χ1) is 31.2. The third-order valence-corrected chi connectivity index (χ3v) is 12.6. The highest BCUT2D eigenvalue weighted by Gasteiger charge is 2.54. The first kappa shape index (κ1) is 35.2. The Balaban J connectivity index is 1.00. The van der Waals surface area contributed by atoms with E-state index in [0.29, 0.717) is 17.5 Å². The molecule has 1 spiro atoms. The number of hydrogen-bond acceptors (Lipinski definition) is 7. The number of para-hydroxylation sites is 3. The molecule has 0 amide bonds. The number of ether oxygens (including phenoxy) is 1. The molecule has 0 saturated heterocycles. The summed E-state index contributed by atoms with van der Waals surface area (Å²) in [4.78, 5) is 27.6. The van der Waals surface area contributed by atoms with Gasteiger partial charge in [-0.2, -0.15) is 0 Å². The Hall–Kier alpha value is -8.55. The fraction of sp³-hybridized carbons (Fsp3) is 0.0179. The second kappa shape index (κ2) is 13.7. The molecular weight excluding hydrogens is 773 g/mol. The molecule has 0 bridgehead atoms. The van der Waals surface area contributed by atoms with Crippen LogP contribution in [0.25, 0.3) is 67.8 Å². The molecule has 4 heterocycles. The fourth-order valence-electron chi connectivity index (χ4n) is 9.92. The van der Waals surface area contributed by atoms with Crippen LogP contribution in [0, 0.1) is 0 Å². The van der Waals surface area contributed by atoms with Crippen LogP contribution < -0.4 is 9.64 Å². The molecule has 1 aliphatic heterocycles. The van der Waals surface area contributed by atoms with Crippen molar-refractivity contribution in [2.24, 2.45) is 0 Å². The van der Waals surface area contributed by atoms with E-state index >= 15 is 0 Å². The number of fused-ring (bicyclic) bond motifs is 13. The zero-order chi connectivity index (χ0) is 41.5. The summed E-state index contributed by atoms with van der Waals surface area (Å²) in [6.45, 7) is 0. The Labute approximate surface area is 363 Å². The number of pyridine rings is 2. The molecular formula is C56H34N6O. The monoisotopic (exact) mass is 806 g/mol. The lowest BCUT2D eigenvalue weighted by atomic mass is 9.70. The van der Waals surface area contributed by atoms with Gasteiger partial charge in [-0.15, -0.1) is 0 Å². The molecule has 10 aromatic rings. The van der Waals surface area contributed by atoms with E-state index in [1.165, 1.54) is 5.56 Å². The zero-order valence-corrected chi connectivity index (χ0v) is 33.7. The third-order valence-electron chi connectivity index (χ3n) is 12.6. The van der Waals surface area contributed by atoms with E-state index in [0.717, 1.165) is 95.6 Å². The molecule has 63 heavy (non-hydrogen) atoms. The summed E-state index contributed by atoms with van der Waals surface area (Å²) in [5.74, 6) is 3.48. The zero-order valence-electron chi connectivity index (χ0n) is 33.7. The molecule has 0 fully saturated rings. The van der Waals surface area contributed by atoms with Crippen molar-refractivity contribution in [3.8, 4) is 79.3 Å². The van der Waals surface area contributed by atoms with Gasteiger partial charge in [-0.25, -0.2) is 15.0 Å². The third kappa shape index (κ3) is 5.23. The number of nitrogens with zero attached hydrogens (tertiary/aromatic N) is 6. The molecule has 7 aromatic carbocycles. The normalized spacial score (nSPS) is 14.8. The van der Waals surface area contributed by atoms with Crippen LogP contribution in [-0.2, 0) is 5.41 Å². The summed E-state index contributed by atoms with van der Waals surface area (Å²) >= 11 is 0. The van der Waals surface area contributed by atoms with E-state index in [2.05, 4.69) is 126 Å². The van der Waals surface area contributed by atoms with Crippen molar-refractivity contribution in [3.05, 3.63) is 229 Å². The van der Waals surface area contributed by atoms with Crippen LogP contribution in [0.4, 0.5) is 17.1 Å². The fourth-order valence-corrected chi connectivity index (χ4v) is 9.92. The second-order valence-electron chi connectivity index (χ2n) is 16.0. The molecule has 0 radical (unpaired) electrons. The van der Waals surface area contributed by atoms with Gasteiger partial charge in [0.1, 0.15) is 0 Å².